The van der Waals surface area contributed by atoms with Crippen molar-refractivity contribution in [3.8, 4) is 0 Å². The lowest BCUT2D eigenvalue weighted by molar-refractivity contribution is 0.325. The molecule has 1 saturated carbocycles. The maximum Gasteiger partial charge on any atom is 0.00928 e. The molecule has 0 aromatic rings. The molecule has 3 atom stereocenters. The molecule has 0 aromatic carbocycles. The standard InChI is InChI=1S/C12H24N2/c1-10-4-2-6-12(10)14-9-11-5-3-7-13-8-11/h10-14H,2-9H2,1H3. The van der Waals surface area contributed by atoms with Crippen LogP contribution in [0.3, 0.4) is 0 Å². The predicted octanol–water partition coefficient (Wildman–Crippen LogP) is 1.76. The van der Waals surface area contributed by atoms with E-state index in [0.29, 0.717) is 0 Å². The van der Waals surface area contributed by atoms with E-state index in [1.807, 2.05) is 0 Å². The highest BCUT2D eigenvalue weighted by Crippen LogP contribution is 2.25. The average Bonchev–Trinajstić information content (AvgIpc) is 2.63. The minimum Gasteiger partial charge on any atom is -0.316 e. The van der Waals surface area contributed by atoms with Gasteiger partial charge in [0.05, 0.1) is 0 Å². The molecule has 0 bridgehead atoms. The van der Waals surface area contributed by atoms with Crippen LogP contribution in [0.2, 0.25) is 0 Å². The Kier molecular flexibility index (Phi) is 3.82. The molecule has 82 valence electrons. The summed E-state index contributed by atoms with van der Waals surface area (Å²) in [7, 11) is 0. The molecule has 2 fully saturated rings. The van der Waals surface area contributed by atoms with Gasteiger partial charge in [-0.25, -0.2) is 0 Å². The lowest BCUT2D eigenvalue weighted by Crippen LogP contribution is -2.40. The summed E-state index contributed by atoms with van der Waals surface area (Å²) >= 11 is 0. The van der Waals surface area contributed by atoms with Gasteiger partial charge >= 0.3 is 0 Å². The van der Waals surface area contributed by atoms with Gasteiger partial charge in [-0.2, -0.15) is 0 Å². The van der Waals surface area contributed by atoms with E-state index in [-0.39, 0.29) is 0 Å². The van der Waals surface area contributed by atoms with Crippen molar-refractivity contribution < 1.29 is 0 Å². The van der Waals surface area contributed by atoms with Gasteiger partial charge < -0.3 is 10.6 Å². The van der Waals surface area contributed by atoms with Crippen molar-refractivity contribution in [3.05, 3.63) is 0 Å². The van der Waals surface area contributed by atoms with Gasteiger partial charge in [0.25, 0.3) is 0 Å². The Labute approximate surface area is 87.8 Å². The fourth-order valence-corrected chi connectivity index (χ4v) is 2.86. The van der Waals surface area contributed by atoms with Gasteiger partial charge in [0.1, 0.15) is 0 Å². The number of hydrogen-bond donors (Lipinski definition) is 2. The van der Waals surface area contributed by atoms with Crippen molar-refractivity contribution in [2.45, 2.75) is 45.1 Å². The van der Waals surface area contributed by atoms with E-state index < -0.39 is 0 Å². The van der Waals surface area contributed by atoms with Gasteiger partial charge in [0.15, 0.2) is 0 Å². The normalized spacial score (nSPS) is 38.8. The third kappa shape index (κ3) is 2.71. The molecule has 3 unspecified atom stereocenters. The van der Waals surface area contributed by atoms with Crippen LogP contribution in [-0.2, 0) is 0 Å². The Morgan fingerprint density at radius 2 is 2.14 bits per heavy atom. The molecule has 14 heavy (non-hydrogen) atoms. The first-order valence-electron chi connectivity index (χ1n) is 6.30. The summed E-state index contributed by atoms with van der Waals surface area (Å²) in [5.41, 5.74) is 0. The van der Waals surface area contributed by atoms with Gasteiger partial charge in [0.2, 0.25) is 0 Å². The first-order chi connectivity index (χ1) is 6.86. The Morgan fingerprint density at radius 3 is 2.79 bits per heavy atom. The molecule has 0 radical (unpaired) electrons. The summed E-state index contributed by atoms with van der Waals surface area (Å²) in [4.78, 5) is 0. The Morgan fingerprint density at radius 1 is 1.21 bits per heavy atom. The fraction of sp³-hybridized carbons (Fsp3) is 1.00. The van der Waals surface area contributed by atoms with E-state index >= 15 is 0 Å². The highest BCUT2D eigenvalue weighted by molar-refractivity contribution is 4.82. The molecule has 2 aliphatic rings. The van der Waals surface area contributed by atoms with Crippen LogP contribution < -0.4 is 10.6 Å². The Hall–Kier alpha value is -0.0800. The number of rotatable bonds is 3. The van der Waals surface area contributed by atoms with Crippen LogP contribution in [0.1, 0.15) is 39.0 Å². The molecule has 2 heteroatoms. The van der Waals surface area contributed by atoms with Crippen molar-refractivity contribution in [2.75, 3.05) is 19.6 Å². The third-order valence-electron chi connectivity index (χ3n) is 3.93. The lowest BCUT2D eigenvalue weighted by Gasteiger charge is -2.26. The van der Waals surface area contributed by atoms with Crippen molar-refractivity contribution in [2.24, 2.45) is 11.8 Å². The van der Waals surface area contributed by atoms with Crippen LogP contribution >= 0.6 is 0 Å². The molecule has 0 spiro atoms. The summed E-state index contributed by atoms with van der Waals surface area (Å²) in [6.45, 7) is 6.09. The smallest absolute Gasteiger partial charge is 0.00928 e. The molecule has 2 rings (SSSR count). The molecular formula is C12H24N2. The average molecular weight is 196 g/mol. The maximum absolute atomic E-state index is 3.76. The second kappa shape index (κ2) is 5.13. The molecule has 2 nitrogen and oxygen atoms in total. The highest BCUT2D eigenvalue weighted by atomic mass is 15.0. The van der Waals surface area contributed by atoms with Crippen LogP contribution in [0.4, 0.5) is 0 Å². The van der Waals surface area contributed by atoms with Gasteiger partial charge in [0, 0.05) is 6.04 Å². The van der Waals surface area contributed by atoms with Crippen LogP contribution in [0.25, 0.3) is 0 Å². The number of hydrogen-bond acceptors (Lipinski definition) is 2. The maximum atomic E-state index is 3.76. The zero-order valence-electron chi connectivity index (χ0n) is 9.39. The molecule has 0 amide bonds. The summed E-state index contributed by atoms with van der Waals surface area (Å²) in [5, 5.41) is 7.24. The minimum atomic E-state index is 0.817. The van der Waals surface area contributed by atoms with Gasteiger partial charge in [-0.15, -0.1) is 0 Å². The SMILES string of the molecule is CC1CCCC1NCC1CCCNC1. The quantitative estimate of drug-likeness (QED) is 0.719. The fourth-order valence-electron chi connectivity index (χ4n) is 2.86. The van der Waals surface area contributed by atoms with Crippen LogP contribution in [-0.4, -0.2) is 25.7 Å². The van der Waals surface area contributed by atoms with Crippen LogP contribution in [0.5, 0.6) is 0 Å². The summed E-state index contributed by atoms with van der Waals surface area (Å²) < 4.78 is 0. The van der Waals surface area contributed by atoms with Crippen molar-refractivity contribution >= 4 is 0 Å². The first-order valence-corrected chi connectivity index (χ1v) is 6.30. The molecular weight excluding hydrogens is 172 g/mol. The molecule has 2 N–H and O–H groups in total. The molecule has 1 aliphatic carbocycles. The molecule has 1 aliphatic heterocycles. The van der Waals surface area contributed by atoms with Crippen LogP contribution in [0.15, 0.2) is 0 Å². The molecule has 1 saturated heterocycles. The third-order valence-corrected chi connectivity index (χ3v) is 3.93. The number of nitrogens with one attached hydrogen (secondary N) is 2. The van der Waals surface area contributed by atoms with Crippen molar-refractivity contribution in [1.29, 1.82) is 0 Å². The lowest BCUT2D eigenvalue weighted by atomic mass is 9.98. The van der Waals surface area contributed by atoms with E-state index in [1.54, 1.807) is 0 Å². The predicted molar refractivity (Wildman–Crippen MR) is 60.4 cm³/mol. The van der Waals surface area contributed by atoms with E-state index in [2.05, 4.69) is 17.6 Å². The molecule has 0 aromatic heterocycles. The zero-order valence-corrected chi connectivity index (χ0v) is 9.39. The second-order valence-electron chi connectivity index (χ2n) is 5.14. The first kappa shape index (κ1) is 10.4. The second-order valence-corrected chi connectivity index (χ2v) is 5.14. The van der Waals surface area contributed by atoms with Gasteiger partial charge in [-0.3, -0.25) is 0 Å². The number of piperidine rings is 1. The van der Waals surface area contributed by atoms with Gasteiger partial charge in [-0.05, 0) is 57.2 Å². The minimum absolute atomic E-state index is 0.817. The zero-order chi connectivity index (χ0) is 9.80. The van der Waals surface area contributed by atoms with E-state index in [4.69, 9.17) is 0 Å². The highest BCUT2D eigenvalue weighted by Gasteiger charge is 2.23. The van der Waals surface area contributed by atoms with E-state index in [9.17, 15) is 0 Å². The monoisotopic (exact) mass is 196 g/mol. The topological polar surface area (TPSA) is 24.1 Å². The summed E-state index contributed by atoms with van der Waals surface area (Å²) in [6, 6.07) is 0.817. The van der Waals surface area contributed by atoms with Crippen LogP contribution in [0, 0.1) is 11.8 Å². The Bertz CT molecular complexity index is 164. The van der Waals surface area contributed by atoms with E-state index in [0.717, 1.165) is 17.9 Å². The van der Waals surface area contributed by atoms with Crippen molar-refractivity contribution in [1.82, 2.24) is 10.6 Å². The Balaban J connectivity index is 1.65. The summed E-state index contributed by atoms with van der Waals surface area (Å²) in [5.74, 6) is 1.79. The van der Waals surface area contributed by atoms with Crippen molar-refractivity contribution in [3.63, 3.8) is 0 Å². The summed E-state index contributed by atoms with van der Waals surface area (Å²) in [6.07, 6.45) is 7.05. The largest absolute Gasteiger partial charge is 0.316 e. The van der Waals surface area contributed by atoms with E-state index in [1.165, 1.54) is 51.7 Å². The molecule has 1 heterocycles. The van der Waals surface area contributed by atoms with Gasteiger partial charge in [-0.1, -0.05) is 13.3 Å².